The molecule has 0 aromatic carbocycles. The number of primary amides is 1. The lowest BCUT2D eigenvalue weighted by molar-refractivity contribution is -0.130. The van der Waals surface area contributed by atoms with E-state index in [4.69, 9.17) is 5.73 Å². The van der Waals surface area contributed by atoms with Crippen LogP contribution in [0.5, 0.6) is 0 Å². The molecule has 2 amide bonds. The summed E-state index contributed by atoms with van der Waals surface area (Å²) in [5, 5.41) is 3.05. The van der Waals surface area contributed by atoms with Gasteiger partial charge in [0.2, 0.25) is 11.8 Å². The molecule has 0 aliphatic rings. The zero-order chi connectivity index (χ0) is 16.5. The van der Waals surface area contributed by atoms with Gasteiger partial charge < -0.3 is 20.9 Å². The maximum absolute atomic E-state index is 12.1. The summed E-state index contributed by atoms with van der Waals surface area (Å²) in [7, 11) is 3.96. The topological polar surface area (TPSA) is 91.6 Å². The predicted molar refractivity (Wildman–Crippen MR) is 107 cm³/mol. The number of nitrogens with one attached hydrogen (secondary N) is 1. The van der Waals surface area contributed by atoms with E-state index in [2.05, 4.69) is 10.3 Å². The minimum atomic E-state index is -0.486. The first kappa shape index (κ1) is 28.7. The van der Waals surface area contributed by atoms with Gasteiger partial charge in [0, 0.05) is 37.9 Å². The van der Waals surface area contributed by atoms with Crippen LogP contribution in [0.4, 0.5) is 0 Å². The van der Waals surface area contributed by atoms with E-state index >= 15 is 0 Å². The van der Waals surface area contributed by atoms with E-state index in [9.17, 15) is 9.59 Å². The highest BCUT2D eigenvalue weighted by atomic mass is 35.5. The van der Waals surface area contributed by atoms with Crippen molar-refractivity contribution in [2.24, 2.45) is 5.73 Å². The Bertz CT molecular complexity index is 518. The van der Waals surface area contributed by atoms with E-state index in [1.165, 1.54) is 6.20 Å². The molecule has 0 unspecified atom stereocenters. The second kappa shape index (κ2) is 15.2. The van der Waals surface area contributed by atoms with Crippen LogP contribution in [-0.2, 0) is 11.3 Å². The molecule has 0 fully saturated rings. The van der Waals surface area contributed by atoms with Gasteiger partial charge in [0.1, 0.15) is 0 Å². The minimum absolute atomic E-state index is 0. The molecule has 146 valence electrons. The second-order valence-electron chi connectivity index (χ2n) is 5.28. The van der Waals surface area contributed by atoms with Crippen molar-refractivity contribution in [3.05, 3.63) is 29.6 Å². The molecule has 7 nitrogen and oxygen atoms in total. The minimum Gasteiger partial charge on any atom is -0.366 e. The quantitative estimate of drug-likeness (QED) is 0.625. The van der Waals surface area contributed by atoms with Gasteiger partial charge in [-0.25, -0.2) is 0 Å². The van der Waals surface area contributed by atoms with Crippen LogP contribution in [0.3, 0.4) is 0 Å². The molecule has 0 saturated heterocycles. The molecule has 1 aromatic rings. The van der Waals surface area contributed by atoms with Crippen molar-refractivity contribution in [3.8, 4) is 0 Å². The average molecular weight is 417 g/mol. The smallest absolute Gasteiger partial charge is 0.248 e. The highest BCUT2D eigenvalue weighted by Crippen LogP contribution is 2.00. The summed E-state index contributed by atoms with van der Waals surface area (Å²) in [6.07, 6.45) is 1.54. The first-order valence-corrected chi connectivity index (χ1v) is 7.32. The SMILES string of the molecule is CCN(CCN(C)C)C(=O)CNCc1cc(C(N)=O)ccn1.Cl.Cl.Cl. The van der Waals surface area contributed by atoms with Crippen molar-refractivity contribution in [1.82, 2.24) is 20.1 Å². The van der Waals surface area contributed by atoms with Gasteiger partial charge in [0.05, 0.1) is 12.2 Å². The predicted octanol–water partition coefficient (Wildman–Crippen LogP) is 0.946. The van der Waals surface area contributed by atoms with Gasteiger partial charge in [-0.05, 0) is 33.2 Å². The summed E-state index contributed by atoms with van der Waals surface area (Å²) in [4.78, 5) is 31.2. The number of nitrogens with two attached hydrogens (primary N) is 1. The zero-order valence-electron chi connectivity index (χ0n) is 14.7. The lowest BCUT2D eigenvalue weighted by atomic mass is 10.2. The molecule has 0 saturated carbocycles. The third kappa shape index (κ3) is 11.2. The van der Waals surface area contributed by atoms with Gasteiger partial charge in [-0.3, -0.25) is 14.6 Å². The molecule has 3 N–H and O–H groups in total. The average Bonchev–Trinajstić information content (AvgIpc) is 2.48. The van der Waals surface area contributed by atoms with Gasteiger partial charge >= 0.3 is 0 Å². The molecule has 0 aliphatic carbocycles. The summed E-state index contributed by atoms with van der Waals surface area (Å²) >= 11 is 0. The summed E-state index contributed by atoms with van der Waals surface area (Å²) in [6.45, 7) is 4.85. The number of carbonyl (C=O) groups excluding carboxylic acids is 2. The van der Waals surface area contributed by atoms with Gasteiger partial charge in [0.15, 0.2) is 0 Å². The number of likely N-dealkylation sites (N-methyl/N-ethyl adjacent to an activating group) is 2. The molecule has 1 heterocycles. The number of nitrogens with zero attached hydrogens (tertiary/aromatic N) is 3. The molecule has 0 atom stereocenters. The van der Waals surface area contributed by atoms with Crippen LogP contribution in [0.1, 0.15) is 23.0 Å². The van der Waals surface area contributed by atoms with Gasteiger partial charge in [0.25, 0.3) is 0 Å². The highest BCUT2D eigenvalue weighted by molar-refractivity contribution is 5.92. The Morgan fingerprint density at radius 1 is 1.20 bits per heavy atom. The molecule has 0 spiro atoms. The van der Waals surface area contributed by atoms with Crippen molar-refractivity contribution < 1.29 is 9.59 Å². The Hall–Kier alpha value is -1.12. The molecule has 0 aliphatic heterocycles. The van der Waals surface area contributed by atoms with Crippen molar-refractivity contribution in [2.45, 2.75) is 13.5 Å². The summed E-state index contributed by atoms with van der Waals surface area (Å²) in [5.74, 6) is -0.434. The highest BCUT2D eigenvalue weighted by Gasteiger charge is 2.11. The van der Waals surface area contributed by atoms with Crippen LogP contribution in [0.2, 0.25) is 0 Å². The van der Waals surface area contributed by atoms with Gasteiger partial charge in [-0.1, -0.05) is 0 Å². The Morgan fingerprint density at radius 2 is 1.84 bits per heavy atom. The monoisotopic (exact) mass is 415 g/mol. The van der Waals surface area contributed by atoms with E-state index in [1.54, 1.807) is 17.0 Å². The van der Waals surface area contributed by atoms with Crippen molar-refractivity contribution in [1.29, 1.82) is 0 Å². The normalized spacial score (nSPS) is 9.44. The lowest BCUT2D eigenvalue weighted by Crippen LogP contribution is -2.41. The van der Waals surface area contributed by atoms with Crippen molar-refractivity contribution >= 4 is 49.0 Å². The Balaban J connectivity index is -0.00000161. The van der Waals surface area contributed by atoms with Crippen LogP contribution in [0.15, 0.2) is 18.3 Å². The molecule has 1 rings (SSSR count). The molecular weight excluding hydrogens is 389 g/mol. The fraction of sp³-hybridized carbons (Fsp3) is 0.533. The third-order valence-corrected chi connectivity index (χ3v) is 3.23. The lowest BCUT2D eigenvalue weighted by Gasteiger charge is -2.23. The number of amides is 2. The first-order chi connectivity index (χ1) is 10.4. The van der Waals surface area contributed by atoms with Gasteiger partial charge in [-0.15, -0.1) is 37.2 Å². The summed E-state index contributed by atoms with van der Waals surface area (Å²) in [6, 6.07) is 3.19. The third-order valence-electron chi connectivity index (χ3n) is 3.23. The van der Waals surface area contributed by atoms with Crippen LogP contribution in [0.25, 0.3) is 0 Å². The summed E-state index contributed by atoms with van der Waals surface area (Å²) < 4.78 is 0. The number of hydrogen-bond acceptors (Lipinski definition) is 5. The van der Waals surface area contributed by atoms with Crippen LogP contribution in [0, 0.1) is 0 Å². The number of halogens is 3. The largest absolute Gasteiger partial charge is 0.366 e. The maximum atomic E-state index is 12.1. The number of pyridine rings is 1. The molecule has 0 radical (unpaired) electrons. The first-order valence-electron chi connectivity index (χ1n) is 7.32. The van der Waals surface area contributed by atoms with E-state index in [0.29, 0.717) is 30.9 Å². The number of aromatic nitrogens is 1. The summed E-state index contributed by atoms with van der Waals surface area (Å²) in [5.41, 5.74) is 6.32. The van der Waals surface area contributed by atoms with Crippen LogP contribution < -0.4 is 11.1 Å². The number of rotatable bonds is 9. The van der Waals surface area contributed by atoms with Crippen LogP contribution in [-0.4, -0.2) is 66.9 Å². The van der Waals surface area contributed by atoms with E-state index in [1.807, 2.05) is 25.9 Å². The van der Waals surface area contributed by atoms with Crippen LogP contribution >= 0.6 is 37.2 Å². The van der Waals surface area contributed by atoms with Crippen molar-refractivity contribution in [2.75, 3.05) is 40.3 Å². The molecule has 10 heteroatoms. The van der Waals surface area contributed by atoms with Gasteiger partial charge in [-0.2, -0.15) is 0 Å². The molecule has 1 aromatic heterocycles. The standard InChI is InChI=1S/C15H25N5O2.3ClH/c1-4-20(8-7-19(2)3)14(21)11-17-10-13-9-12(15(16)22)5-6-18-13;;;/h5-6,9,17H,4,7-8,10-11H2,1-3H3,(H2,16,22);3*1H. The fourth-order valence-electron chi connectivity index (χ4n) is 1.92. The molecule has 25 heavy (non-hydrogen) atoms. The second-order valence-corrected chi connectivity index (χ2v) is 5.28. The van der Waals surface area contributed by atoms with E-state index < -0.39 is 5.91 Å². The number of hydrogen-bond donors (Lipinski definition) is 2. The van der Waals surface area contributed by atoms with E-state index in [-0.39, 0.29) is 49.7 Å². The fourth-order valence-corrected chi connectivity index (χ4v) is 1.92. The molecular formula is C15H28Cl3N5O2. The Labute approximate surface area is 167 Å². The van der Waals surface area contributed by atoms with Crippen molar-refractivity contribution in [3.63, 3.8) is 0 Å². The molecule has 0 bridgehead atoms. The number of carbonyl (C=O) groups is 2. The van der Waals surface area contributed by atoms with E-state index in [0.717, 1.165) is 6.54 Å². The Morgan fingerprint density at radius 3 is 2.36 bits per heavy atom. The maximum Gasteiger partial charge on any atom is 0.248 e. The Kier molecular flexibility index (Phi) is 17.4. The zero-order valence-corrected chi connectivity index (χ0v) is 17.2.